The summed E-state index contributed by atoms with van der Waals surface area (Å²) in [5.74, 6) is 5.96. The molecule has 0 saturated heterocycles. The van der Waals surface area contributed by atoms with Crippen LogP contribution in [0.4, 0.5) is 17.6 Å². The lowest BCUT2D eigenvalue weighted by atomic mass is 10.2. The van der Waals surface area contributed by atoms with Crippen LogP contribution in [0.2, 0.25) is 0 Å². The summed E-state index contributed by atoms with van der Waals surface area (Å²) in [6.45, 7) is 4.54. The molecule has 0 bridgehead atoms. The van der Waals surface area contributed by atoms with E-state index in [9.17, 15) is 0 Å². The first kappa shape index (κ1) is 15.5. The standard InChI is InChI=1S/C13H17BrN6O/c1-3-6-21-13-18-11(17-12(19-13)20-15)16-10-7-8(2)4-5-9(10)14/h4-5,7H,3,6,15H2,1-2H3,(H2,16,17,18,19,20). The minimum Gasteiger partial charge on any atom is -0.463 e. The van der Waals surface area contributed by atoms with Gasteiger partial charge in [0, 0.05) is 4.47 Å². The molecule has 0 saturated carbocycles. The number of nitrogen functional groups attached to an aromatic ring is 1. The van der Waals surface area contributed by atoms with Crippen molar-refractivity contribution in [1.29, 1.82) is 0 Å². The van der Waals surface area contributed by atoms with Gasteiger partial charge in [-0.2, -0.15) is 15.0 Å². The predicted molar refractivity (Wildman–Crippen MR) is 85.6 cm³/mol. The molecule has 0 amide bonds. The highest BCUT2D eigenvalue weighted by Crippen LogP contribution is 2.26. The number of nitrogens with zero attached hydrogens (tertiary/aromatic N) is 3. The Morgan fingerprint density at radius 3 is 2.71 bits per heavy atom. The quantitative estimate of drug-likeness (QED) is 0.543. The average Bonchev–Trinajstić information content (AvgIpc) is 2.48. The van der Waals surface area contributed by atoms with E-state index in [0.717, 1.165) is 22.1 Å². The summed E-state index contributed by atoms with van der Waals surface area (Å²) < 4.78 is 6.33. The van der Waals surface area contributed by atoms with Crippen LogP contribution < -0.4 is 21.3 Å². The number of ether oxygens (including phenoxy) is 1. The molecule has 0 aliphatic carbocycles. The number of nitrogens with one attached hydrogen (secondary N) is 2. The van der Waals surface area contributed by atoms with Crippen molar-refractivity contribution < 1.29 is 4.74 Å². The molecule has 0 atom stereocenters. The Morgan fingerprint density at radius 1 is 1.24 bits per heavy atom. The molecule has 0 spiro atoms. The van der Waals surface area contributed by atoms with Crippen molar-refractivity contribution in [3.8, 4) is 6.01 Å². The number of aromatic nitrogens is 3. The van der Waals surface area contributed by atoms with E-state index in [1.807, 2.05) is 32.0 Å². The van der Waals surface area contributed by atoms with Crippen LogP contribution in [0.25, 0.3) is 0 Å². The van der Waals surface area contributed by atoms with Crippen molar-refractivity contribution in [3.63, 3.8) is 0 Å². The van der Waals surface area contributed by atoms with Gasteiger partial charge in [-0.15, -0.1) is 0 Å². The summed E-state index contributed by atoms with van der Waals surface area (Å²) in [6, 6.07) is 6.17. The van der Waals surface area contributed by atoms with Crippen LogP contribution in [0, 0.1) is 6.92 Å². The Hall–Kier alpha value is -1.93. The molecule has 8 heteroatoms. The third-order valence-electron chi connectivity index (χ3n) is 2.55. The van der Waals surface area contributed by atoms with Gasteiger partial charge in [0.2, 0.25) is 11.9 Å². The molecule has 1 aromatic carbocycles. The zero-order valence-corrected chi connectivity index (χ0v) is 13.4. The van der Waals surface area contributed by atoms with Crippen LogP contribution in [-0.4, -0.2) is 21.6 Å². The molecule has 7 nitrogen and oxygen atoms in total. The van der Waals surface area contributed by atoms with E-state index >= 15 is 0 Å². The number of hydrogen-bond donors (Lipinski definition) is 3. The van der Waals surface area contributed by atoms with Crippen LogP contribution >= 0.6 is 15.9 Å². The number of nitrogens with two attached hydrogens (primary N) is 1. The summed E-state index contributed by atoms with van der Waals surface area (Å²) in [7, 11) is 0. The molecular formula is C13H17BrN6O. The normalized spacial score (nSPS) is 10.3. The fourth-order valence-corrected chi connectivity index (χ4v) is 1.94. The van der Waals surface area contributed by atoms with Gasteiger partial charge in [0.25, 0.3) is 0 Å². The molecule has 0 radical (unpaired) electrons. The minimum atomic E-state index is 0.228. The topological polar surface area (TPSA) is 98.0 Å². The third kappa shape index (κ3) is 4.27. The molecule has 112 valence electrons. The Morgan fingerprint density at radius 2 is 2.00 bits per heavy atom. The number of hydrogen-bond acceptors (Lipinski definition) is 7. The second kappa shape index (κ2) is 7.19. The minimum absolute atomic E-state index is 0.228. The first-order valence-corrected chi connectivity index (χ1v) is 7.30. The van der Waals surface area contributed by atoms with Crippen LogP contribution in [-0.2, 0) is 0 Å². The maximum absolute atomic E-state index is 5.42. The Balaban J connectivity index is 2.27. The molecule has 0 aliphatic rings. The van der Waals surface area contributed by atoms with E-state index in [4.69, 9.17) is 10.6 Å². The SMILES string of the molecule is CCCOc1nc(NN)nc(Nc2cc(C)ccc2Br)n1. The molecule has 4 N–H and O–H groups in total. The Bertz CT molecular complexity index is 622. The largest absolute Gasteiger partial charge is 0.463 e. The number of anilines is 3. The maximum Gasteiger partial charge on any atom is 0.323 e. The molecule has 0 fully saturated rings. The summed E-state index contributed by atoms with van der Waals surface area (Å²) in [5.41, 5.74) is 4.37. The lowest BCUT2D eigenvalue weighted by Crippen LogP contribution is -2.14. The molecule has 1 aromatic heterocycles. The first-order valence-electron chi connectivity index (χ1n) is 6.51. The molecular weight excluding hydrogens is 336 g/mol. The molecule has 2 rings (SSSR count). The summed E-state index contributed by atoms with van der Waals surface area (Å²) in [6.07, 6.45) is 0.864. The van der Waals surface area contributed by atoms with Gasteiger partial charge in [0.05, 0.1) is 12.3 Å². The van der Waals surface area contributed by atoms with Gasteiger partial charge in [-0.25, -0.2) is 5.84 Å². The second-order valence-corrected chi connectivity index (χ2v) is 5.22. The first-order chi connectivity index (χ1) is 10.1. The average molecular weight is 353 g/mol. The van der Waals surface area contributed by atoms with Gasteiger partial charge in [0.1, 0.15) is 0 Å². The van der Waals surface area contributed by atoms with E-state index in [-0.39, 0.29) is 12.0 Å². The fourth-order valence-electron chi connectivity index (χ4n) is 1.59. The number of rotatable bonds is 6. The van der Waals surface area contributed by atoms with Gasteiger partial charge in [-0.05, 0) is 47.0 Å². The highest BCUT2D eigenvalue weighted by atomic mass is 79.9. The number of aryl methyl sites for hydroxylation is 1. The molecule has 0 unspecified atom stereocenters. The summed E-state index contributed by atoms with van der Waals surface area (Å²) >= 11 is 3.48. The predicted octanol–water partition coefficient (Wildman–Crippen LogP) is 2.76. The highest BCUT2D eigenvalue weighted by molar-refractivity contribution is 9.10. The van der Waals surface area contributed by atoms with Gasteiger partial charge >= 0.3 is 6.01 Å². The lowest BCUT2D eigenvalue weighted by Gasteiger charge is -2.10. The van der Waals surface area contributed by atoms with Gasteiger partial charge in [-0.3, -0.25) is 5.43 Å². The fraction of sp³-hybridized carbons (Fsp3) is 0.308. The number of halogens is 1. The zero-order chi connectivity index (χ0) is 15.2. The highest BCUT2D eigenvalue weighted by Gasteiger charge is 2.09. The van der Waals surface area contributed by atoms with Crippen LogP contribution in [0.3, 0.4) is 0 Å². The van der Waals surface area contributed by atoms with Crippen molar-refractivity contribution in [2.24, 2.45) is 5.84 Å². The van der Waals surface area contributed by atoms with Crippen molar-refractivity contribution in [2.45, 2.75) is 20.3 Å². The van der Waals surface area contributed by atoms with Gasteiger partial charge in [-0.1, -0.05) is 13.0 Å². The Kier molecular flexibility index (Phi) is 5.29. The van der Waals surface area contributed by atoms with Gasteiger partial charge in [0.15, 0.2) is 0 Å². The van der Waals surface area contributed by atoms with E-state index in [1.165, 1.54) is 0 Å². The lowest BCUT2D eigenvalue weighted by molar-refractivity contribution is 0.292. The third-order valence-corrected chi connectivity index (χ3v) is 3.24. The van der Waals surface area contributed by atoms with Crippen LogP contribution in [0.1, 0.15) is 18.9 Å². The smallest absolute Gasteiger partial charge is 0.323 e. The maximum atomic E-state index is 5.42. The molecule has 0 aliphatic heterocycles. The second-order valence-electron chi connectivity index (χ2n) is 4.37. The van der Waals surface area contributed by atoms with Crippen molar-refractivity contribution in [3.05, 3.63) is 28.2 Å². The van der Waals surface area contributed by atoms with E-state index in [2.05, 4.69) is 41.6 Å². The van der Waals surface area contributed by atoms with E-state index in [0.29, 0.717) is 12.6 Å². The van der Waals surface area contributed by atoms with Crippen molar-refractivity contribution in [1.82, 2.24) is 15.0 Å². The van der Waals surface area contributed by atoms with Crippen molar-refractivity contribution in [2.75, 3.05) is 17.3 Å². The number of benzene rings is 1. The molecule has 21 heavy (non-hydrogen) atoms. The van der Waals surface area contributed by atoms with E-state index in [1.54, 1.807) is 0 Å². The van der Waals surface area contributed by atoms with Gasteiger partial charge < -0.3 is 10.1 Å². The zero-order valence-electron chi connectivity index (χ0n) is 11.9. The number of hydrazine groups is 1. The summed E-state index contributed by atoms with van der Waals surface area (Å²) in [5, 5.41) is 3.12. The molecule has 1 heterocycles. The molecule has 2 aromatic rings. The van der Waals surface area contributed by atoms with E-state index < -0.39 is 0 Å². The van der Waals surface area contributed by atoms with Crippen LogP contribution in [0.5, 0.6) is 6.01 Å². The summed E-state index contributed by atoms with van der Waals surface area (Å²) in [4.78, 5) is 12.4. The van der Waals surface area contributed by atoms with Crippen molar-refractivity contribution >= 4 is 33.5 Å². The Labute approximate surface area is 131 Å². The van der Waals surface area contributed by atoms with Crippen LogP contribution in [0.15, 0.2) is 22.7 Å². The monoisotopic (exact) mass is 352 g/mol.